The number of anilines is 1. The number of nitrogens with one attached hydrogen (secondary N) is 1. The molecule has 3 heterocycles. The second kappa shape index (κ2) is 7.63. The van der Waals surface area contributed by atoms with Crippen molar-refractivity contribution in [3.05, 3.63) is 68.1 Å². The number of benzene rings is 1. The van der Waals surface area contributed by atoms with Gasteiger partial charge >= 0.3 is 6.18 Å². The van der Waals surface area contributed by atoms with Crippen molar-refractivity contribution in [2.24, 2.45) is 0 Å². The van der Waals surface area contributed by atoms with Crippen molar-refractivity contribution >= 4 is 17.3 Å². The zero-order valence-corrected chi connectivity index (χ0v) is 17.2. The molecule has 0 spiro atoms. The van der Waals surface area contributed by atoms with Gasteiger partial charge in [-0.1, -0.05) is 22.9 Å². The molecule has 31 heavy (non-hydrogen) atoms. The van der Waals surface area contributed by atoms with Gasteiger partial charge in [-0.25, -0.2) is 14.2 Å². The molecule has 1 N–H and O–H groups in total. The molecule has 3 aromatic rings. The van der Waals surface area contributed by atoms with Gasteiger partial charge < -0.3 is 4.90 Å². The molecule has 2 aromatic heterocycles. The normalized spacial score (nSPS) is 17.5. The van der Waals surface area contributed by atoms with E-state index in [2.05, 4.69) is 20.5 Å². The molecule has 0 aliphatic carbocycles. The maximum Gasteiger partial charge on any atom is 0.416 e. The highest BCUT2D eigenvalue weighted by Crippen LogP contribution is 2.39. The van der Waals surface area contributed by atoms with Gasteiger partial charge in [-0.05, 0) is 31.5 Å². The minimum Gasteiger partial charge on any atom is -0.360 e. The second-order valence-corrected chi connectivity index (χ2v) is 7.67. The van der Waals surface area contributed by atoms with Crippen LogP contribution in [0.1, 0.15) is 48.4 Å². The summed E-state index contributed by atoms with van der Waals surface area (Å²) in [4.78, 5) is 13.6. The van der Waals surface area contributed by atoms with Crippen molar-refractivity contribution in [2.75, 3.05) is 11.4 Å². The number of halogens is 5. The number of aromatic amines is 1. The van der Waals surface area contributed by atoms with Gasteiger partial charge in [-0.15, -0.1) is 5.10 Å². The van der Waals surface area contributed by atoms with Crippen LogP contribution in [0.2, 0.25) is 5.02 Å². The van der Waals surface area contributed by atoms with Crippen LogP contribution in [0.25, 0.3) is 0 Å². The predicted molar refractivity (Wildman–Crippen MR) is 105 cm³/mol. The number of alkyl halides is 3. The summed E-state index contributed by atoms with van der Waals surface area (Å²) in [5.41, 5.74) is -0.00292. The van der Waals surface area contributed by atoms with Crippen LogP contribution >= 0.6 is 11.6 Å². The third-order valence-electron chi connectivity index (χ3n) is 5.50. The first-order chi connectivity index (χ1) is 14.6. The molecular weight excluding hydrogens is 440 g/mol. The molecular formula is C19H17ClF4N6O. The highest BCUT2D eigenvalue weighted by molar-refractivity contribution is 6.33. The summed E-state index contributed by atoms with van der Waals surface area (Å²) in [7, 11) is 0. The van der Waals surface area contributed by atoms with Crippen LogP contribution in [0.4, 0.5) is 23.2 Å². The van der Waals surface area contributed by atoms with E-state index in [1.54, 1.807) is 6.92 Å². The Morgan fingerprint density at radius 3 is 2.77 bits per heavy atom. The number of H-pyrrole nitrogens is 1. The molecule has 7 nitrogen and oxygen atoms in total. The minimum atomic E-state index is -4.71. The lowest BCUT2D eigenvalue weighted by Gasteiger charge is -2.35. The molecule has 12 heteroatoms. The van der Waals surface area contributed by atoms with Gasteiger partial charge in [0.1, 0.15) is 16.5 Å². The molecule has 164 valence electrons. The SMILES string of the molecule is C[C@H](c1ccc(F)cc1C(F)(F)F)n1nnc2c1CCN(c1cn[nH]c(=O)c1Cl)[C@H]2C. The van der Waals surface area contributed by atoms with Crippen molar-refractivity contribution in [1.29, 1.82) is 0 Å². The first kappa shape index (κ1) is 21.3. The minimum absolute atomic E-state index is 0.00723. The van der Waals surface area contributed by atoms with Crippen molar-refractivity contribution in [3.63, 3.8) is 0 Å². The molecule has 0 saturated carbocycles. The van der Waals surface area contributed by atoms with E-state index in [-0.39, 0.29) is 16.6 Å². The van der Waals surface area contributed by atoms with Gasteiger partial charge in [0, 0.05) is 13.0 Å². The van der Waals surface area contributed by atoms with Gasteiger partial charge in [-0.3, -0.25) is 4.79 Å². The Balaban J connectivity index is 1.72. The number of rotatable bonds is 3. The number of fused-ring (bicyclic) bond motifs is 1. The fourth-order valence-corrected chi connectivity index (χ4v) is 4.14. The van der Waals surface area contributed by atoms with Crippen LogP contribution < -0.4 is 10.5 Å². The molecule has 0 fully saturated rings. The largest absolute Gasteiger partial charge is 0.416 e. The number of hydrogen-bond donors (Lipinski definition) is 1. The fourth-order valence-electron chi connectivity index (χ4n) is 3.95. The lowest BCUT2D eigenvalue weighted by atomic mass is 9.99. The summed E-state index contributed by atoms with van der Waals surface area (Å²) in [5.74, 6) is -0.962. The molecule has 0 saturated heterocycles. The molecule has 2 atom stereocenters. The van der Waals surface area contributed by atoms with Crippen molar-refractivity contribution in [1.82, 2.24) is 25.2 Å². The average Bonchev–Trinajstić information content (AvgIpc) is 3.14. The van der Waals surface area contributed by atoms with Gasteiger partial charge in [0.15, 0.2) is 0 Å². The van der Waals surface area contributed by atoms with E-state index in [1.807, 2.05) is 11.8 Å². The summed E-state index contributed by atoms with van der Waals surface area (Å²) >= 11 is 6.12. The highest BCUT2D eigenvalue weighted by atomic mass is 35.5. The monoisotopic (exact) mass is 456 g/mol. The zero-order valence-electron chi connectivity index (χ0n) is 16.4. The Morgan fingerprint density at radius 1 is 1.32 bits per heavy atom. The third-order valence-corrected chi connectivity index (χ3v) is 5.86. The van der Waals surface area contributed by atoms with E-state index in [0.717, 1.165) is 12.1 Å². The van der Waals surface area contributed by atoms with Crippen LogP contribution in [0.15, 0.2) is 29.2 Å². The van der Waals surface area contributed by atoms with E-state index in [1.165, 1.54) is 10.9 Å². The first-order valence-electron chi connectivity index (χ1n) is 9.40. The Hall–Kier alpha value is -2.95. The van der Waals surface area contributed by atoms with Crippen molar-refractivity contribution < 1.29 is 17.6 Å². The van der Waals surface area contributed by atoms with Gasteiger partial charge in [-0.2, -0.15) is 18.3 Å². The average molecular weight is 457 g/mol. The molecule has 0 bridgehead atoms. The number of aromatic nitrogens is 5. The number of hydrogen-bond acceptors (Lipinski definition) is 5. The Bertz CT molecular complexity index is 1190. The summed E-state index contributed by atoms with van der Waals surface area (Å²) in [6, 6.07) is 1.44. The topological polar surface area (TPSA) is 79.7 Å². The Morgan fingerprint density at radius 2 is 2.06 bits per heavy atom. The fraction of sp³-hybridized carbons (Fsp3) is 0.368. The predicted octanol–water partition coefficient (Wildman–Crippen LogP) is 3.91. The highest BCUT2D eigenvalue weighted by Gasteiger charge is 2.37. The van der Waals surface area contributed by atoms with Crippen LogP contribution in [0.3, 0.4) is 0 Å². The van der Waals surface area contributed by atoms with Gasteiger partial charge in [0.05, 0.1) is 35.2 Å². The lowest BCUT2D eigenvalue weighted by Crippen LogP contribution is -2.36. The van der Waals surface area contributed by atoms with Crippen LogP contribution in [0.5, 0.6) is 0 Å². The third kappa shape index (κ3) is 3.67. The van der Waals surface area contributed by atoms with E-state index in [0.29, 0.717) is 36.1 Å². The summed E-state index contributed by atoms with van der Waals surface area (Å²) in [6.07, 6.45) is -2.87. The number of nitrogens with zero attached hydrogens (tertiary/aromatic N) is 5. The van der Waals surface area contributed by atoms with E-state index >= 15 is 0 Å². The maximum atomic E-state index is 13.5. The Labute approximate surface area is 178 Å². The van der Waals surface area contributed by atoms with E-state index in [4.69, 9.17) is 11.6 Å². The summed E-state index contributed by atoms with van der Waals surface area (Å²) < 4.78 is 55.4. The lowest BCUT2D eigenvalue weighted by molar-refractivity contribution is -0.138. The molecule has 1 aliphatic heterocycles. The molecule has 0 amide bonds. The van der Waals surface area contributed by atoms with Crippen LogP contribution in [0, 0.1) is 5.82 Å². The van der Waals surface area contributed by atoms with Gasteiger partial charge in [0.2, 0.25) is 0 Å². The maximum absolute atomic E-state index is 13.5. The van der Waals surface area contributed by atoms with E-state index in [9.17, 15) is 22.4 Å². The second-order valence-electron chi connectivity index (χ2n) is 7.29. The first-order valence-corrected chi connectivity index (χ1v) is 9.77. The summed E-state index contributed by atoms with van der Waals surface area (Å²) in [5, 5.41) is 14.3. The molecule has 0 unspecified atom stereocenters. The standard InChI is InChI=1S/C19H17ClF4N6O/c1-9(12-4-3-11(21)7-13(12)19(22,23)24)30-14-5-6-29(10(2)17(14)26-28-30)15-8-25-27-18(31)16(15)20/h3-4,7-10H,5-6H2,1-2H3,(H,27,31)/t9-,10+/m1/s1. The molecule has 4 rings (SSSR count). The smallest absolute Gasteiger partial charge is 0.360 e. The van der Waals surface area contributed by atoms with Crippen LogP contribution in [-0.2, 0) is 12.6 Å². The summed E-state index contributed by atoms with van der Waals surface area (Å²) in [6.45, 7) is 3.82. The zero-order chi connectivity index (χ0) is 22.5. The Kier molecular flexibility index (Phi) is 5.24. The van der Waals surface area contributed by atoms with Crippen molar-refractivity contribution in [3.8, 4) is 0 Å². The van der Waals surface area contributed by atoms with Crippen LogP contribution in [-0.4, -0.2) is 31.7 Å². The van der Waals surface area contributed by atoms with Gasteiger partial charge in [0.25, 0.3) is 5.56 Å². The molecule has 0 radical (unpaired) electrons. The van der Waals surface area contributed by atoms with Crippen molar-refractivity contribution in [2.45, 2.75) is 38.5 Å². The molecule has 1 aromatic carbocycles. The van der Waals surface area contributed by atoms with E-state index < -0.39 is 29.2 Å². The molecule has 1 aliphatic rings. The quantitative estimate of drug-likeness (QED) is 0.605.